The van der Waals surface area contributed by atoms with E-state index < -0.39 is 6.04 Å². The standard InChI is InChI=1S/C19H24N2O2/c1-14(8-9-15-10-12-17(23-2)13-11-15)21-18(19(20)22)16-6-4-3-5-7-16/h3-7,10-14,18,21H,8-9H2,1-2H3,(H2,20,22). The summed E-state index contributed by atoms with van der Waals surface area (Å²) in [5.41, 5.74) is 7.69. The topological polar surface area (TPSA) is 64.3 Å². The van der Waals surface area contributed by atoms with Crippen LogP contribution in [0.25, 0.3) is 0 Å². The number of ether oxygens (including phenoxy) is 1. The second-order valence-electron chi connectivity index (χ2n) is 5.70. The van der Waals surface area contributed by atoms with Crippen LogP contribution in [-0.4, -0.2) is 19.1 Å². The molecule has 0 aliphatic heterocycles. The molecule has 0 bridgehead atoms. The average Bonchev–Trinajstić information content (AvgIpc) is 2.58. The lowest BCUT2D eigenvalue weighted by molar-refractivity contribution is -0.120. The molecule has 0 fully saturated rings. The number of methoxy groups -OCH3 is 1. The summed E-state index contributed by atoms with van der Waals surface area (Å²) in [6, 6.07) is 17.3. The van der Waals surface area contributed by atoms with Crippen LogP contribution in [0.1, 0.15) is 30.5 Å². The number of nitrogens with two attached hydrogens (primary N) is 1. The minimum absolute atomic E-state index is 0.176. The fourth-order valence-electron chi connectivity index (χ4n) is 2.53. The molecule has 0 heterocycles. The van der Waals surface area contributed by atoms with Crippen LogP contribution in [0.3, 0.4) is 0 Å². The molecule has 2 unspecified atom stereocenters. The number of nitrogens with one attached hydrogen (secondary N) is 1. The molecule has 0 aromatic heterocycles. The zero-order chi connectivity index (χ0) is 16.7. The van der Waals surface area contributed by atoms with Crippen molar-refractivity contribution in [1.82, 2.24) is 5.32 Å². The van der Waals surface area contributed by atoms with Gasteiger partial charge in [-0.2, -0.15) is 0 Å². The molecule has 4 nitrogen and oxygen atoms in total. The number of hydrogen-bond donors (Lipinski definition) is 2. The van der Waals surface area contributed by atoms with Crippen molar-refractivity contribution in [2.45, 2.75) is 31.8 Å². The van der Waals surface area contributed by atoms with Crippen molar-refractivity contribution in [3.05, 3.63) is 65.7 Å². The van der Waals surface area contributed by atoms with Gasteiger partial charge in [-0.1, -0.05) is 42.5 Å². The van der Waals surface area contributed by atoms with Crippen LogP contribution < -0.4 is 15.8 Å². The lowest BCUT2D eigenvalue weighted by Gasteiger charge is -2.21. The summed E-state index contributed by atoms with van der Waals surface area (Å²) in [5.74, 6) is 0.505. The van der Waals surface area contributed by atoms with Crippen LogP contribution in [-0.2, 0) is 11.2 Å². The van der Waals surface area contributed by atoms with Gasteiger partial charge in [0.15, 0.2) is 0 Å². The molecular formula is C19H24N2O2. The third kappa shape index (κ3) is 5.11. The zero-order valence-electron chi connectivity index (χ0n) is 13.7. The van der Waals surface area contributed by atoms with Crippen molar-refractivity contribution in [2.75, 3.05) is 7.11 Å². The third-order valence-corrected chi connectivity index (χ3v) is 3.89. The summed E-state index contributed by atoms with van der Waals surface area (Å²) < 4.78 is 5.16. The summed E-state index contributed by atoms with van der Waals surface area (Å²) in [7, 11) is 1.66. The number of carbonyl (C=O) groups excluding carboxylic acids is 1. The molecule has 0 saturated carbocycles. The Kier molecular flexibility index (Phi) is 6.18. The van der Waals surface area contributed by atoms with Gasteiger partial charge in [-0.05, 0) is 43.0 Å². The summed E-state index contributed by atoms with van der Waals surface area (Å²) >= 11 is 0. The van der Waals surface area contributed by atoms with Crippen molar-refractivity contribution >= 4 is 5.91 Å². The Balaban J connectivity index is 1.91. The van der Waals surface area contributed by atoms with Gasteiger partial charge in [0.25, 0.3) is 0 Å². The molecule has 0 radical (unpaired) electrons. The minimum atomic E-state index is -0.456. The molecule has 3 N–H and O–H groups in total. The van der Waals surface area contributed by atoms with E-state index in [1.165, 1.54) is 5.56 Å². The number of rotatable bonds is 8. The average molecular weight is 312 g/mol. The van der Waals surface area contributed by atoms with E-state index in [2.05, 4.69) is 24.4 Å². The SMILES string of the molecule is COc1ccc(CCC(C)NC(C(N)=O)c2ccccc2)cc1. The van der Waals surface area contributed by atoms with E-state index in [1.54, 1.807) is 7.11 Å². The van der Waals surface area contributed by atoms with Crippen molar-refractivity contribution < 1.29 is 9.53 Å². The second kappa shape index (κ2) is 8.34. The van der Waals surface area contributed by atoms with Crippen molar-refractivity contribution in [1.29, 1.82) is 0 Å². The molecule has 2 aromatic carbocycles. The van der Waals surface area contributed by atoms with E-state index in [4.69, 9.17) is 10.5 Å². The molecule has 2 atom stereocenters. The zero-order valence-corrected chi connectivity index (χ0v) is 13.7. The molecule has 2 aromatic rings. The molecule has 1 amide bonds. The molecule has 2 rings (SSSR count). The smallest absolute Gasteiger partial charge is 0.239 e. The Hall–Kier alpha value is -2.33. The largest absolute Gasteiger partial charge is 0.497 e. The quantitative estimate of drug-likeness (QED) is 0.788. The highest BCUT2D eigenvalue weighted by molar-refractivity contribution is 5.81. The molecule has 0 aliphatic carbocycles. The van der Waals surface area contributed by atoms with Crippen molar-refractivity contribution in [2.24, 2.45) is 5.73 Å². The fraction of sp³-hybridized carbons (Fsp3) is 0.316. The van der Waals surface area contributed by atoms with E-state index in [0.717, 1.165) is 24.2 Å². The summed E-state index contributed by atoms with van der Waals surface area (Å²) in [6.07, 6.45) is 1.85. The number of aryl methyl sites for hydroxylation is 1. The van der Waals surface area contributed by atoms with Gasteiger partial charge in [0.2, 0.25) is 5.91 Å². The van der Waals surface area contributed by atoms with E-state index in [0.29, 0.717) is 0 Å². The second-order valence-corrected chi connectivity index (χ2v) is 5.70. The highest BCUT2D eigenvalue weighted by Gasteiger charge is 2.19. The first-order valence-electron chi connectivity index (χ1n) is 7.83. The van der Waals surface area contributed by atoms with Crippen molar-refractivity contribution in [3.63, 3.8) is 0 Å². The highest BCUT2D eigenvalue weighted by atomic mass is 16.5. The lowest BCUT2D eigenvalue weighted by Crippen LogP contribution is -2.38. The Morgan fingerprint density at radius 1 is 1.13 bits per heavy atom. The molecule has 0 aliphatic rings. The van der Waals surface area contributed by atoms with Crippen LogP contribution in [0.2, 0.25) is 0 Å². The van der Waals surface area contributed by atoms with E-state index in [-0.39, 0.29) is 11.9 Å². The van der Waals surface area contributed by atoms with Gasteiger partial charge in [0.1, 0.15) is 11.8 Å². The maximum Gasteiger partial charge on any atom is 0.239 e. The van der Waals surface area contributed by atoms with Gasteiger partial charge < -0.3 is 10.5 Å². The van der Waals surface area contributed by atoms with Crippen LogP contribution in [0, 0.1) is 0 Å². The third-order valence-electron chi connectivity index (χ3n) is 3.89. The molecule has 0 saturated heterocycles. The molecule has 0 spiro atoms. The van der Waals surface area contributed by atoms with Crippen LogP contribution in [0.15, 0.2) is 54.6 Å². The first-order chi connectivity index (χ1) is 11.1. The fourth-order valence-corrected chi connectivity index (χ4v) is 2.53. The summed E-state index contributed by atoms with van der Waals surface area (Å²) in [6.45, 7) is 2.07. The molecule has 4 heteroatoms. The molecule has 122 valence electrons. The predicted molar refractivity (Wildman–Crippen MR) is 92.3 cm³/mol. The monoisotopic (exact) mass is 312 g/mol. The predicted octanol–water partition coefficient (Wildman–Crippen LogP) is 2.83. The van der Waals surface area contributed by atoms with Crippen LogP contribution in [0.5, 0.6) is 5.75 Å². The summed E-state index contributed by atoms with van der Waals surface area (Å²) in [5, 5.41) is 3.33. The Labute approximate surface area is 137 Å². The number of amides is 1. The number of carbonyl (C=O) groups is 1. The minimum Gasteiger partial charge on any atom is -0.497 e. The maximum absolute atomic E-state index is 11.7. The van der Waals surface area contributed by atoms with Gasteiger partial charge >= 0.3 is 0 Å². The molecular weight excluding hydrogens is 288 g/mol. The van der Waals surface area contributed by atoms with Crippen LogP contribution in [0.4, 0.5) is 0 Å². The van der Waals surface area contributed by atoms with E-state index >= 15 is 0 Å². The van der Waals surface area contributed by atoms with Gasteiger partial charge in [0, 0.05) is 6.04 Å². The maximum atomic E-state index is 11.7. The van der Waals surface area contributed by atoms with Gasteiger partial charge in [0.05, 0.1) is 7.11 Å². The first kappa shape index (κ1) is 17.0. The highest BCUT2D eigenvalue weighted by Crippen LogP contribution is 2.16. The van der Waals surface area contributed by atoms with Crippen molar-refractivity contribution in [3.8, 4) is 5.75 Å². The Bertz CT molecular complexity index is 611. The number of primary amides is 1. The Morgan fingerprint density at radius 2 is 1.78 bits per heavy atom. The van der Waals surface area contributed by atoms with Crippen LogP contribution >= 0.6 is 0 Å². The normalized spacial score (nSPS) is 13.3. The van der Waals surface area contributed by atoms with E-state index in [1.807, 2.05) is 42.5 Å². The van der Waals surface area contributed by atoms with Gasteiger partial charge in [-0.15, -0.1) is 0 Å². The Morgan fingerprint density at radius 3 is 2.35 bits per heavy atom. The summed E-state index contributed by atoms with van der Waals surface area (Å²) in [4.78, 5) is 11.7. The number of benzene rings is 2. The van der Waals surface area contributed by atoms with E-state index in [9.17, 15) is 4.79 Å². The van der Waals surface area contributed by atoms with Gasteiger partial charge in [-0.25, -0.2) is 0 Å². The number of hydrogen-bond acceptors (Lipinski definition) is 3. The lowest BCUT2D eigenvalue weighted by atomic mass is 10.0. The molecule has 23 heavy (non-hydrogen) atoms. The van der Waals surface area contributed by atoms with Gasteiger partial charge in [-0.3, -0.25) is 10.1 Å². The first-order valence-corrected chi connectivity index (χ1v) is 7.83.